The molecule has 0 fully saturated rings. The van der Waals surface area contributed by atoms with Crippen molar-refractivity contribution in [2.24, 2.45) is 16.5 Å². The average molecular weight is 609 g/mol. The minimum Gasteiger partial charge on any atom is -0.496 e. The first-order valence-corrected chi connectivity index (χ1v) is 15.7. The Bertz CT molecular complexity index is 1850. The van der Waals surface area contributed by atoms with E-state index < -0.39 is 11.4 Å². The second-order valence-electron chi connectivity index (χ2n) is 11.1. The van der Waals surface area contributed by atoms with Gasteiger partial charge in [-0.1, -0.05) is 48.5 Å². The molecule has 4 aromatic rings. The number of aromatic nitrogens is 1. The van der Waals surface area contributed by atoms with Crippen LogP contribution in [0.25, 0.3) is 21.8 Å². The van der Waals surface area contributed by atoms with Gasteiger partial charge in [0.25, 0.3) is 0 Å². The highest BCUT2D eigenvalue weighted by atomic mass is 32.2. The monoisotopic (exact) mass is 608 g/mol. The summed E-state index contributed by atoms with van der Waals surface area (Å²) in [5, 5.41) is 5.72. The largest absolute Gasteiger partial charge is 0.496 e. The van der Waals surface area contributed by atoms with Crippen molar-refractivity contribution in [1.29, 1.82) is 0 Å². The molecule has 0 radical (unpaired) electrons. The number of fused-ring (bicyclic) bond motifs is 3. The van der Waals surface area contributed by atoms with Gasteiger partial charge in [-0.2, -0.15) is 0 Å². The van der Waals surface area contributed by atoms with Crippen molar-refractivity contribution >= 4 is 56.8 Å². The molecule has 0 N–H and O–H groups in total. The topological polar surface area (TPSA) is 87.0 Å². The van der Waals surface area contributed by atoms with Gasteiger partial charge in [-0.25, -0.2) is 4.79 Å². The second kappa shape index (κ2) is 13.1. The Labute approximate surface area is 261 Å². The molecule has 44 heavy (non-hydrogen) atoms. The summed E-state index contributed by atoms with van der Waals surface area (Å²) in [5.41, 5.74) is 2.52. The lowest BCUT2D eigenvalue weighted by Gasteiger charge is -2.31. The number of rotatable bonds is 11. The van der Waals surface area contributed by atoms with E-state index in [0.717, 1.165) is 39.0 Å². The number of carbonyl (C=O) groups excluding carboxylic acids is 3. The maximum absolute atomic E-state index is 13.8. The summed E-state index contributed by atoms with van der Waals surface area (Å²) in [5.74, 6) is 0.470. The van der Waals surface area contributed by atoms with Crippen molar-refractivity contribution < 1.29 is 24.0 Å². The molecule has 1 heterocycles. The van der Waals surface area contributed by atoms with E-state index in [1.807, 2.05) is 79.7 Å². The lowest BCUT2D eigenvalue weighted by Crippen LogP contribution is -2.33. The summed E-state index contributed by atoms with van der Waals surface area (Å²) in [6, 6.07) is 19.1. The molecule has 2 atom stereocenters. The van der Waals surface area contributed by atoms with Crippen molar-refractivity contribution in [3.8, 4) is 5.75 Å². The first kappa shape index (κ1) is 31.0. The van der Waals surface area contributed by atoms with Crippen molar-refractivity contribution in [2.45, 2.75) is 45.6 Å². The van der Waals surface area contributed by atoms with Crippen molar-refractivity contribution in [3.63, 3.8) is 0 Å². The number of hydrogen-bond donors (Lipinski definition) is 0. The first-order chi connectivity index (χ1) is 21.2. The van der Waals surface area contributed by atoms with Gasteiger partial charge in [0.2, 0.25) is 5.78 Å². The summed E-state index contributed by atoms with van der Waals surface area (Å²) in [6.45, 7) is 8.08. The Morgan fingerprint density at radius 1 is 0.977 bits per heavy atom. The maximum Gasteiger partial charge on any atom is 0.331 e. The van der Waals surface area contributed by atoms with E-state index >= 15 is 0 Å². The zero-order valence-electron chi connectivity index (χ0n) is 25.6. The molecule has 7 nitrogen and oxygen atoms in total. The number of ether oxygens (including phenoxy) is 1. The Morgan fingerprint density at radius 2 is 1.66 bits per heavy atom. The van der Waals surface area contributed by atoms with Crippen LogP contribution < -0.4 is 4.74 Å². The molecule has 0 spiro atoms. The van der Waals surface area contributed by atoms with Crippen molar-refractivity contribution in [2.75, 3.05) is 12.9 Å². The zero-order chi connectivity index (χ0) is 31.4. The smallest absolute Gasteiger partial charge is 0.331 e. The normalized spacial score (nSPS) is 18.1. The molecule has 3 aromatic carbocycles. The molecule has 0 aliphatic heterocycles. The number of carbonyl (C=O) groups is 3. The van der Waals surface area contributed by atoms with Gasteiger partial charge in [0.05, 0.1) is 12.5 Å². The number of hydrogen-bond acceptors (Lipinski definition) is 7. The van der Waals surface area contributed by atoms with Crippen LogP contribution in [0.2, 0.25) is 0 Å². The van der Waals surface area contributed by atoms with Gasteiger partial charge < -0.3 is 14.1 Å². The summed E-state index contributed by atoms with van der Waals surface area (Å²) in [4.78, 5) is 45.1. The average Bonchev–Trinajstić information content (AvgIpc) is 3.35. The molecule has 0 bridgehead atoms. The van der Waals surface area contributed by atoms with Gasteiger partial charge in [-0.3, -0.25) is 9.59 Å². The fourth-order valence-electron chi connectivity index (χ4n) is 5.64. The number of benzene rings is 3. The lowest BCUT2D eigenvalue weighted by molar-refractivity contribution is -0.140. The predicted molar refractivity (Wildman–Crippen MR) is 177 cm³/mol. The third-order valence-electron chi connectivity index (χ3n) is 8.31. The van der Waals surface area contributed by atoms with E-state index in [2.05, 4.69) is 29.6 Å². The lowest BCUT2D eigenvalue weighted by atomic mass is 9.70. The van der Waals surface area contributed by atoms with Crippen LogP contribution in [0.4, 0.5) is 0 Å². The van der Waals surface area contributed by atoms with Crippen LogP contribution >= 0.6 is 11.8 Å². The molecule has 0 saturated carbocycles. The van der Waals surface area contributed by atoms with Gasteiger partial charge in [-0.05, 0) is 68.3 Å². The fourth-order valence-corrected chi connectivity index (χ4v) is 6.62. The number of methoxy groups -OCH3 is 1. The molecule has 0 saturated heterocycles. The quantitative estimate of drug-likeness (QED) is 0.0563. The standard InChI is InChI=1S/C36H36N2O5S/c1-6-38-30-16-14-25(34(40)29(37-43-24(3)39)18-20-44-33-13-8-7-12-32(33)42-5)21-27(30)28-22-26(15-17-31(28)38)35(41)36(4)19-10-9-11-23(36)2/h7-17,19,21-23H,6,18,20H2,1-5H3/b37-29+. The molecule has 5 rings (SSSR count). The fraction of sp³-hybridized carbons (Fsp3) is 0.278. The number of ketones is 2. The third kappa shape index (κ3) is 5.99. The molecular weight excluding hydrogens is 572 g/mol. The van der Waals surface area contributed by atoms with Crippen LogP contribution in [0, 0.1) is 11.3 Å². The van der Waals surface area contributed by atoms with Gasteiger partial charge in [0.1, 0.15) is 11.5 Å². The van der Waals surface area contributed by atoms with E-state index in [0.29, 0.717) is 16.9 Å². The number of nitrogens with zero attached hydrogens (tertiary/aromatic N) is 2. The van der Waals surface area contributed by atoms with Crippen LogP contribution in [0.3, 0.4) is 0 Å². The minimum absolute atomic E-state index is 0.0560. The highest BCUT2D eigenvalue weighted by Crippen LogP contribution is 2.38. The number of allylic oxidation sites excluding steroid dienone is 4. The molecule has 0 amide bonds. The van der Waals surface area contributed by atoms with E-state index in [1.165, 1.54) is 18.7 Å². The van der Waals surface area contributed by atoms with Crippen LogP contribution in [0.1, 0.15) is 54.8 Å². The second-order valence-corrected chi connectivity index (χ2v) is 12.2. The predicted octanol–water partition coefficient (Wildman–Crippen LogP) is 8.06. The number of aryl methyl sites for hydroxylation is 1. The highest BCUT2D eigenvalue weighted by Gasteiger charge is 2.37. The number of para-hydroxylation sites is 1. The molecular formula is C36H36N2O5S. The SMILES string of the molecule is CCn1c2ccc(C(=O)/C(CCSc3ccccc3OC)=N/OC(C)=O)cc2c2cc(C(=O)C3(C)C=CC=CC3C)ccc21. The summed E-state index contributed by atoms with van der Waals surface area (Å²) < 4.78 is 7.62. The van der Waals surface area contributed by atoms with Gasteiger partial charge >= 0.3 is 5.97 Å². The number of thioether (sulfide) groups is 1. The Morgan fingerprint density at radius 3 is 2.32 bits per heavy atom. The Kier molecular flexibility index (Phi) is 9.20. The highest BCUT2D eigenvalue weighted by molar-refractivity contribution is 7.99. The van der Waals surface area contributed by atoms with E-state index in [1.54, 1.807) is 13.2 Å². The molecule has 1 aliphatic carbocycles. The van der Waals surface area contributed by atoms with Crippen molar-refractivity contribution in [3.05, 3.63) is 96.1 Å². The minimum atomic E-state index is -0.642. The maximum atomic E-state index is 13.8. The Hall–Kier alpha value is -4.43. The van der Waals surface area contributed by atoms with Crippen molar-refractivity contribution in [1.82, 2.24) is 4.57 Å². The van der Waals surface area contributed by atoms with Gasteiger partial charge in [0.15, 0.2) is 5.78 Å². The molecule has 1 aromatic heterocycles. The summed E-state index contributed by atoms with van der Waals surface area (Å²) >= 11 is 1.53. The molecule has 2 unspecified atom stereocenters. The molecule has 226 valence electrons. The Balaban J connectivity index is 1.50. The first-order valence-electron chi connectivity index (χ1n) is 14.7. The van der Waals surface area contributed by atoms with Gasteiger partial charge in [0, 0.05) is 63.5 Å². The van der Waals surface area contributed by atoms with Crippen LogP contribution in [0.5, 0.6) is 5.75 Å². The van der Waals surface area contributed by atoms with E-state index in [4.69, 9.17) is 9.57 Å². The summed E-state index contributed by atoms with van der Waals surface area (Å²) in [6.07, 6.45) is 8.22. The third-order valence-corrected chi connectivity index (χ3v) is 9.36. The zero-order valence-corrected chi connectivity index (χ0v) is 26.4. The summed E-state index contributed by atoms with van der Waals surface area (Å²) in [7, 11) is 1.62. The molecule has 1 aliphatic rings. The van der Waals surface area contributed by atoms with Crippen LogP contribution in [-0.2, 0) is 16.2 Å². The van der Waals surface area contributed by atoms with Gasteiger partial charge in [-0.15, -0.1) is 11.8 Å². The van der Waals surface area contributed by atoms with Crippen LogP contribution in [0.15, 0.2) is 95.0 Å². The molecule has 8 heteroatoms. The number of Topliss-reactive ketones (excluding diaryl/α,β-unsaturated/α-hetero) is 2. The van der Waals surface area contributed by atoms with E-state index in [-0.39, 0.29) is 29.6 Å². The van der Waals surface area contributed by atoms with E-state index in [9.17, 15) is 14.4 Å². The number of oxime groups is 1. The van der Waals surface area contributed by atoms with Crippen LogP contribution in [-0.4, -0.2) is 40.7 Å².